The summed E-state index contributed by atoms with van der Waals surface area (Å²) in [5.41, 5.74) is 2.94. The number of halogens is 2. The van der Waals surface area contributed by atoms with Crippen LogP contribution < -0.4 is 9.62 Å². The van der Waals surface area contributed by atoms with Crippen LogP contribution in [-0.4, -0.2) is 26.6 Å². The fourth-order valence-electron chi connectivity index (χ4n) is 3.34. The van der Waals surface area contributed by atoms with Crippen LogP contribution in [0.1, 0.15) is 43.0 Å². The van der Waals surface area contributed by atoms with Crippen molar-refractivity contribution in [2.24, 2.45) is 0 Å². The molecule has 0 fully saturated rings. The van der Waals surface area contributed by atoms with Gasteiger partial charge in [0.15, 0.2) is 11.6 Å². The van der Waals surface area contributed by atoms with Crippen molar-refractivity contribution < 1.29 is 22.0 Å². The summed E-state index contributed by atoms with van der Waals surface area (Å²) in [4.78, 5) is 12.9. The van der Waals surface area contributed by atoms with Crippen LogP contribution in [0.2, 0.25) is 0 Å². The highest BCUT2D eigenvalue weighted by atomic mass is 32.2. The largest absolute Gasteiger partial charge is 0.347 e. The number of hydrogen-bond acceptors (Lipinski definition) is 3. The average Bonchev–Trinajstić information content (AvgIpc) is 2.62. The molecule has 2 aromatic rings. The quantitative estimate of drug-likeness (QED) is 0.731. The first kappa shape index (κ1) is 22.8. The molecule has 0 heterocycles. The summed E-state index contributed by atoms with van der Waals surface area (Å²) in [7, 11) is -3.93. The van der Waals surface area contributed by atoms with E-state index in [1.54, 1.807) is 0 Å². The lowest BCUT2D eigenvalue weighted by Gasteiger charge is -2.30. The second-order valence-electron chi connectivity index (χ2n) is 7.16. The highest BCUT2D eigenvalue weighted by molar-refractivity contribution is 7.92. The minimum atomic E-state index is -3.93. The van der Waals surface area contributed by atoms with Crippen molar-refractivity contribution in [2.45, 2.75) is 46.2 Å². The lowest BCUT2D eigenvalue weighted by molar-refractivity contribution is -0.122. The van der Waals surface area contributed by atoms with E-state index in [1.807, 2.05) is 39.0 Å². The van der Waals surface area contributed by atoms with Crippen LogP contribution in [0.25, 0.3) is 0 Å². The summed E-state index contributed by atoms with van der Waals surface area (Å²) < 4.78 is 52.4. The van der Waals surface area contributed by atoms with Crippen molar-refractivity contribution in [3.63, 3.8) is 0 Å². The third-order valence-electron chi connectivity index (χ3n) is 4.77. The van der Waals surface area contributed by atoms with Gasteiger partial charge in [-0.3, -0.25) is 9.10 Å². The standard InChI is InChI=1S/C21H26F2N2O3S/c1-6-20(17-9-7-13(2)11-14(17)3)24-21(26)15(4)25(29(5,27)28)16-8-10-18(22)19(23)12-16/h7-12,15,20H,6H2,1-5H3,(H,24,26)/t15-,20+/m0/s1. The summed E-state index contributed by atoms with van der Waals surface area (Å²) in [5.74, 6) is -2.82. The van der Waals surface area contributed by atoms with Crippen LogP contribution in [0, 0.1) is 25.5 Å². The molecule has 0 aliphatic heterocycles. The van der Waals surface area contributed by atoms with Gasteiger partial charge >= 0.3 is 0 Å². The Hall–Kier alpha value is -2.48. The molecule has 1 amide bonds. The molecule has 0 spiro atoms. The number of benzene rings is 2. The molecule has 0 aromatic heterocycles. The number of rotatable bonds is 7. The molecule has 0 saturated heterocycles. The Morgan fingerprint density at radius 2 is 1.76 bits per heavy atom. The van der Waals surface area contributed by atoms with Crippen LogP contribution in [0.5, 0.6) is 0 Å². The highest BCUT2D eigenvalue weighted by Gasteiger charge is 2.31. The Kier molecular flexibility index (Phi) is 7.00. The van der Waals surface area contributed by atoms with Crippen LogP contribution in [0.4, 0.5) is 14.5 Å². The van der Waals surface area contributed by atoms with Gasteiger partial charge in [-0.05, 0) is 50.5 Å². The maximum atomic E-state index is 13.7. The monoisotopic (exact) mass is 424 g/mol. The second kappa shape index (κ2) is 8.90. The first-order chi connectivity index (χ1) is 13.5. The van der Waals surface area contributed by atoms with E-state index < -0.39 is 33.6 Å². The second-order valence-corrected chi connectivity index (χ2v) is 9.02. The first-order valence-electron chi connectivity index (χ1n) is 9.27. The molecule has 0 radical (unpaired) electrons. The predicted molar refractivity (Wildman–Crippen MR) is 110 cm³/mol. The zero-order valence-electron chi connectivity index (χ0n) is 17.2. The molecule has 2 atom stereocenters. The van der Waals surface area contributed by atoms with Gasteiger partial charge in [0.05, 0.1) is 18.0 Å². The van der Waals surface area contributed by atoms with Gasteiger partial charge in [-0.15, -0.1) is 0 Å². The SMILES string of the molecule is CC[C@@H](NC(=O)[C@H](C)N(c1ccc(F)c(F)c1)S(C)(=O)=O)c1ccc(C)cc1C. The fraction of sp³-hybridized carbons (Fsp3) is 0.381. The van der Waals surface area contributed by atoms with Crippen molar-refractivity contribution in [1.82, 2.24) is 5.32 Å². The minimum Gasteiger partial charge on any atom is -0.347 e. The molecule has 0 saturated carbocycles. The van der Waals surface area contributed by atoms with Crippen LogP contribution in [-0.2, 0) is 14.8 Å². The fourth-order valence-corrected chi connectivity index (χ4v) is 4.51. The van der Waals surface area contributed by atoms with Crippen LogP contribution in [0.15, 0.2) is 36.4 Å². The number of nitrogens with zero attached hydrogens (tertiary/aromatic N) is 1. The number of carbonyl (C=O) groups is 1. The Morgan fingerprint density at radius 1 is 1.10 bits per heavy atom. The number of anilines is 1. The molecule has 5 nitrogen and oxygen atoms in total. The summed E-state index contributed by atoms with van der Waals surface area (Å²) in [5, 5.41) is 2.88. The number of hydrogen-bond donors (Lipinski definition) is 1. The van der Waals surface area contributed by atoms with E-state index in [2.05, 4.69) is 5.32 Å². The van der Waals surface area contributed by atoms with E-state index in [4.69, 9.17) is 0 Å². The Bertz CT molecular complexity index is 1010. The normalized spacial score (nSPS) is 13.6. The Balaban J connectivity index is 2.34. The van der Waals surface area contributed by atoms with Crippen LogP contribution >= 0.6 is 0 Å². The van der Waals surface area contributed by atoms with E-state index in [1.165, 1.54) is 6.92 Å². The van der Waals surface area contributed by atoms with Crippen molar-refractivity contribution in [1.29, 1.82) is 0 Å². The van der Waals surface area contributed by atoms with Gasteiger partial charge in [0.2, 0.25) is 15.9 Å². The van der Waals surface area contributed by atoms with E-state index in [-0.39, 0.29) is 11.7 Å². The maximum absolute atomic E-state index is 13.7. The number of nitrogens with one attached hydrogen (secondary N) is 1. The highest BCUT2D eigenvalue weighted by Crippen LogP contribution is 2.25. The molecule has 0 aliphatic rings. The maximum Gasteiger partial charge on any atom is 0.244 e. The number of amides is 1. The summed E-state index contributed by atoms with van der Waals surface area (Å²) >= 11 is 0. The Labute approximate surface area is 170 Å². The van der Waals surface area contributed by atoms with E-state index >= 15 is 0 Å². The van der Waals surface area contributed by atoms with Crippen LogP contribution in [0.3, 0.4) is 0 Å². The molecule has 158 valence electrons. The van der Waals surface area contributed by atoms with Gasteiger partial charge in [-0.1, -0.05) is 30.7 Å². The summed E-state index contributed by atoms with van der Waals surface area (Å²) in [6.07, 6.45) is 1.52. The zero-order chi connectivity index (χ0) is 21.9. The van der Waals surface area contributed by atoms with E-state index in [0.29, 0.717) is 6.42 Å². The molecule has 0 unspecified atom stereocenters. The third-order valence-corrected chi connectivity index (χ3v) is 6.01. The third kappa shape index (κ3) is 5.32. The van der Waals surface area contributed by atoms with Crippen molar-refractivity contribution in [2.75, 3.05) is 10.6 Å². The van der Waals surface area contributed by atoms with Gasteiger partial charge in [-0.25, -0.2) is 17.2 Å². The predicted octanol–water partition coefficient (Wildman–Crippen LogP) is 4.00. The molecular formula is C21H26F2N2O3S. The lowest BCUT2D eigenvalue weighted by Crippen LogP contribution is -2.48. The van der Waals surface area contributed by atoms with Gasteiger partial charge in [0, 0.05) is 6.07 Å². The van der Waals surface area contributed by atoms with E-state index in [0.717, 1.165) is 45.5 Å². The van der Waals surface area contributed by atoms with Crippen molar-refractivity contribution >= 4 is 21.6 Å². The van der Waals surface area contributed by atoms with Gasteiger partial charge in [0.25, 0.3) is 0 Å². The summed E-state index contributed by atoms with van der Waals surface area (Å²) in [6.45, 7) is 7.25. The first-order valence-corrected chi connectivity index (χ1v) is 11.1. The Morgan fingerprint density at radius 3 is 2.28 bits per heavy atom. The number of aryl methyl sites for hydroxylation is 2. The topological polar surface area (TPSA) is 66.5 Å². The average molecular weight is 425 g/mol. The van der Waals surface area contributed by atoms with Gasteiger partial charge in [-0.2, -0.15) is 0 Å². The van der Waals surface area contributed by atoms with Gasteiger partial charge < -0.3 is 5.32 Å². The van der Waals surface area contributed by atoms with Crippen molar-refractivity contribution in [3.05, 3.63) is 64.7 Å². The number of sulfonamides is 1. The smallest absolute Gasteiger partial charge is 0.244 e. The van der Waals surface area contributed by atoms with E-state index in [9.17, 15) is 22.0 Å². The molecule has 2 aromatic carbocycles. The van der Waals surface area contributed by atoms with Gasteiger partial charge in [0.1, 0.15) is 6.04 Å². The molecule has 8 heteroatoms. The molecule has 2 rings (SSSR count). The number of carbonyl (C=O) groups excluding carboxylic acids is 1. The zero-order valence-corrected chi connectivity index (χ0v) is 18.0. The molecule has 0 aliphatic carbocycles. The molecule has 1 N–H and O–H groups in total. The summed E-state index contributed by atoms with van der Waals surface area (Å²) in [6, 6.07) is 7.16. The lowest BCUT2D eigenvalue weighted by atomic mass is 9.97. The molecular weight excluding hydrogens is 398 g/mol. The molecule has 29 heavy (non-hydrogen) atoms. The minimum absolute atomic E-state index is 0.117. The van der Waals surface area contributed by atoms with Crippen molar-refractivity contribution in [3.8, 4) is 0 Å². The molecule has 0 bridgehead atoms.